The molecule has 1 atom stereocenters. The van der Waals surface area contributed by atoms with Crippen LogP contribution in [0, 0.1) is 25.7 Å². The third-order valence-corrected chi connectivity index (χ3v) is 5.58. The zero-order valence-electron chi connectivity index (χ0n) is 15.2. The Morgan fingerprint density at radius 2 is 2.04 bits per heavy atom. The molecule has 1 saturated heterocycles. The van der Waals surface area contributed by atoms with Gasteiger partial charge >= 0.3 is 0 Å². The van der Waals surface area contributed by atoms with Crippen LogP contribution in [0.15, 0.2) is 30.5 Å². The molecule has 1 aromatic heterocycles. The second-order valence-corrected chi connectivity index (χ2v) is 7.85. The molecule has 2 heterocycles. The van der Waals surface area contributed by atoms with Crippen LogP contribution in [0.2, 0.25) is 0 Å². The number of hydrogen-bond acceptors (Lipinski definition) is 2. The van der Waals surface area contributed by atoms with Gasteiger partial charge in [0.1, 0.15) is 5.82 Å². The summed E-state index contributed by atoms with van der Waals surface area (Å²) in [5, 5.41) is 0. The van der Waals surface area contributed by atoms with E-state index >= 15 is 0 Å². The molecule has 1 aliphatic heterocycles. The van der Waals surface area contributed by atoms with Crippen LogP contribution in [0.25, 0.3) is 0 Å². The number of likely N-dealkylation sites (tertiary alicyclic amines) is 1. The highest BCUT2D eigenvalue weighted by Crippen LogP contribution is 2.32. The van der Waals surface area contributed by atoms with E-state index < -0.39 is 0 Å². The quantitative estimate of drug-likeness (QED) is 0.836. The lowest BCUT2D eigenvalue weighted by molar-refractivity contribution is 0.0787. The van der Waals surface area contributed by atoms with Gasteiger partial charge in [-0.05, 0) is 57.1 Å². The second-order valence-electron chi connectivity index (χ2n) is 7.85. The van der Waals surface area contributed by atoms with E-state index in [4.69, 9.17) is 0 Å². The number of imidazole rings is 1. The molecule has 0 bridgehead atoms. The van der Waals surface area contributed by atoms with E-state index in [9.17, 15) is 4.79 Å². The van der Waals surface area contributed by atoms with Gasteiger partial charge in [-0.15, -0.1) is 0 Å². The number of aryl methyl sites for hydroxylation is 2. The minimum absolute atomic E-state index is 0.170. The summed E-state index contributed by atoms with van der Waals surface area (Å²) in [5.41, 5.74) is 3.22. The highest BCUT2D eigenvalue weighted by Gasteiger charge is 2.29. The molecule has 4 nitrogen and oxygen atoms in total. The molecule has 1 aromatic carbocycles. The Hall–Kier alpha value is -2.10. The molecule has 0 radical (unpaired) electrons. The Bertz CT molecular complexity index is 775. The maximum absolute atomic E-state index is 12.7. The zero-order chi connectivity index (χ0) is 17.4. The highest BCUT2D eigenvalue weighted by atomic mass is 16.2. The van der Waals surface area contributed by atoms with Crippen molar-refractivity contribution in [1.82, 2.24) is 14.5 Å². The largest absolute Gasteiger partial charge is 0.338 e. The van der Waals surface area contributed by atoms with Gasteiger partial charge in [-0.25, -0.2) is 4.98 Å². The lowest BCUT2D eigenvalue weighted by atomic mass is 10.0. The minimum Gasteiger partial charge on any atom is -0.338 e. The van der Waals surface area contributed by atoms with Crippen LogP contribution in [0.4, 0.5) is 0 Å². The topological polar surface area (TPSA) is 38.1 Å². The summed E-state index contributed by atoms with van der Waals surface area (Å²) in [6.45, 7) is 7.02. The van der Waals surface area contributed by atoms with E-state index in [2.05, 4.69) is 16.5 Å². The lowest BCUT2D eigenvalue weighted by Gasteiger charge is -2.17. The highest BCUT2D eigenvalue weighted by molar-refractivity contribution is 5.94. The van der Waals surface area contributed by atoms with Gasteiger partial charge in [-0.2, -0.15) is 0 Å². The zero-order valence-corrected chi connectivity index (χ0v) is 15.2. The molecule has 4 rings (SSSR count). The molecule has 0 spiro atoms. The van der Waals surface area contributed by atoms with Gasteiger partial charge in [-0.3, -0.25) is 4.79 Å². The fraction of sp³-hybridized carbons (Fsp3) is 0.524. The van der Waals surface area contributed by atoms with Crippen molar-refractivity contribution in [3.8, 4) is 0 Å². The molecule has 2 fully saturated rings. The number of nitrogens with zero attached hydrogens (tertiary/aromatic N) is 3. The van der Waals surface area contributed by atoms with Gasteiger partial charge in [0.2, 0.25) is 0 Å². The van der Waals surface area contributed by atoms with Crippen molar-refractivity contribution in [1.29, 1.82) is 0 Å². The summed E-state index contributed by atoms with van der Waals surface area (Å²) in [6, 6.07) is 7.91. The molecular formula is C21H27N3O. The van der Waals surface area contributed by atoms with Crippen LogP contribution < -0.4 is 0 Å². The summed E-state index contributed by atoms with van der Waals surface area (Å²) in [6.07, 6.45) is 6.78. The van der Waals surface area contributed by atoms with E-state index in [-0.39, 0.29) is 5.91 Å². The number of carbonyl (C=O) groups is 1. The molecule has 4 heteroatoms. The minimum atomic E-state index is 0.170. The molecule has 1 saturated carbocycles. The third-order valence-electron chi connectivity index (χ3n) is 5.58. The predicted molar refractivity (Wildman–Crippen MR) is 98.6 cm³/mol. The first-order chi connectivity index (χ1) is 12.1. The summed E-state index contributed by atoms with van der Waals surface area (Å²) < 4.78 is 2.41. The summed E-state index contributed by atoms with van der Waals surface area (Å²) in [7, 11) is 0. The van der Waals surface area contributed by atoms with E-state index in [1.54, 1.807) is 0 Å². The van der Waals surface area contributed by atoms with E-state index in [0.29, 0.717) is 5.92 Å². The van der Waals surface area contributed by atoms with Crippen LogP contribution in [0.1, 0.15) is 46.7 Å². The fourth-order valence-electron chi connectivity index (χ4n) is 3.88. The number of benzene rings is 1. The van der Waals surface area contributed by atoms with Gasteiger partial charge in [0, 0.05) is 43.5 Å². The van der Waals surface area contributed by atoms with E-state index in [0.717, 1.165) is 49.5 Å². The average molecular weight is 337 g/mol. The van der Waals surface area contributed by atoms with Crippen molar-refractivity contribution in [3.05, 3.63) is 53.1 Å². The van der Waals surface area contributed by atoms with Gasteiger partial charge < -0.3 is 9.47 Å². The first-order valence-electron chi connectivity index (χ1n) is 9.47. The number of rotatable bonds is 5. The van der Waals surface area contributed by atoms with Crippen molar-refractivity contribution in [2.75, 3.05) is 13.1 Å². The number of carbonyl (C=O) groups excluding carboxylic acids is 1. The molecule has 1 unspecified atom stereocenters. The molecule has 2 aromatic rings. The first kappa shape index (κ1) is 16.4. The molecule has 25 heavy (non-hydrogen) atoms. The molecule has 1 aliphatic carbocycles. The SMILES string of the molecule is Cc1cccc(C(=O)N2CCC(Cc3ncc(C)n3CC3CC3)C2)c1. The van der Waals surface area contributed by atoms with Crippen molar-refractivity contribution in [2.24, 2.45) is 11.8 Å². The predicted octanol–water partition coefficient (Wildman–Crippen LogP) is 3.61. The van der Waals surface area contributed by atoms with Gasteiger partial charge in [0.15, 0.2) is 0 Å². The van der Waals surface area contributed by atoms with Crippen LogP contribution in [-0.4, -0.2) is 33.4 Å². The monoisotopic (exact) mass is 337 g/mol. The molecule has 2 aliphatic rings. The van der Waals surface area contributed by atoms with Crippen LogP contribution in [0.3, 0.4) is 0 Å². The Kier molecular flexibility index (Phi) is 4.36. The van der Waals surface area contributed by atoms with E-state index in [1.807, 2.05) is 42.3 Å². The normalized spacial score (nSPS) is 20.2. The first-order valence-corrected chi connectivity index (χ1v) is 9.47. The summed E-state index contributed by atoms with van der Waals surface area (Å²) in [4.78, 5) is 19.4. The van der Waals surface area contributed by atoms with Gasteiger partial charge in [0.05, 0.1) is 0 Å². The summed E-state index contributed by atoms with van der Waals surface area (Å²) >= 11 is 0. The molecule has 132 valence electrons. The fourth-order valence-corrected chi connectivity index (χ4v) is 3.88. The van der Waals surface area contributed by atoms with Crippen LogP contribution in [-0.2, 0) is 13.0 Å². The number of aromatic nitrogens is 2. The van der Waals surface area contributed by atoms with Crippen molar-refractivity contribution < 1.29 is 4.79 Å². The van der Waals surface area contributed by atoms with Crippen LogP contribution >= 0.6 is 0 Å². The van der Waals surface area contributed by atoms with Crippen molar-refractivity contribution in [3.63, 3.8) is 0 Å². The van der Waals surface area contributed by atoms with Crippen molar-refractivity contribution >= 4 is 5.91 Å². The van der Waals surface area contributed by atoms with Crippen LogP contribution in [0.5, 0.6) is 0 Å². The molecular weight excluding hydrogens is 310 g/mol. The molecule has 0 N–H and O–H groups in total. The average Bonchev–Trinajstić information content (AvgIpc) is 3.20. The van der Waals surface area contributed by atoms with Crippen molar-refractivity contribution in [2.45, 2.75) is 46.1 Å². The second kappa shape index (κ2) is 6.66. The smallest absolute Gasteiger partial charge is 0.253 e. The Labute approximate surface area is 149 Å². The Morgan fingerprint density at radius 3 is 2.80 bits per heavy atom. The Balaban J connectivity index is 1.40. The standard InChI is InChI=1S/C21H27N3O/c1-15-4-3-5-19(10-15)21(25)23-9-8-18(13-23)11-20-22-12-16(2)24(20)14-17-6-7-17/h3-5,10,12,17-18H,6-9,11,13-14H2,1-2H3. The lowest BCUT2D eigenvalue weighted by Crippen LogP contribution is -2.29. The summed E-state index contributed by atoms with van der Waals surface area (Å²) in [5.74, 6) is 2.76. The maximum atomic E-state index is 12.7. The van der Waals surface area contributed by atoms with Gasteiger partial charge in [-0.1, -0.05) is 17.7 Å². The number of hydrogen-bond donors (Lipinski definition) is 0. The number of amides is 1. The van der Waals surface area contributed by atoms with Gasteiger partial charge in [0.25, 0.3) is 5.91 Å². The maximum Gasteiger partial charge on any atom is 0.253 e. The Morgan fingerprint density at radius 1 is 1.20 bits per heavy atom. The molecule has 1 amide bonds. The third kappa shape index (κ3) is 3.63. The van der Waals surface area contributed by atoms with E-state index in [1.165, 1.54) is 24.4 Å².